The molecule has 0 saturated carbocycles. The quantitative estimate of drug-likeness (QED) is 0.738. The summed E-state index contributed by atoms with van der Waals surface area (Å²) in [6.45, 7) is 3.52. The zero-order valence-electron chi connectivity index (χ0n) is 15.3. The first-order chi connectivity index (χ1) is 12.5. The number of amides is 1. The molecule has 1 aromatic carbocycles. The summed E-state index contributed by atoms with van der Waals surface area (Å²) in [5, 5.41) is 6.35. The van der Waals surface area contributed by atoms with Crippen molar-refractivity contribution in [3.8, 4) is 0 Å². The van der Waals surface area contributed by atoms with E-state index in [4.69, 9.17) is 0 Å². The molecule has 1 fully saturated rings. The highest BCUT2D eigenvalue weighted by atomic mass is 35.5. The van der Waals surface area contributed by atoms with Crippen molar-refractivity contribution in [3.63, 3.8) is 0 Å². The summed E-state index contributed by atoms with van der Waals surface area (Å²) in [7, 11) is 0. The number of hydrogen-bond acceptors (Lipinski definition) is 3. The van der Waals surface area contributed by atoms with Crippen molar-refractivity contribution >= 4 is 29.7 Å². The Kier molecular flexibility index (Phi) is 8.20. The van der Waals surface area contributed by atoms with Crippen LogP contribution in [-0.2, 0) is 11.2 Å². The van der Waals surface area contributed by atoms with Crippen LogP contribution in [0.15, 0.2) is 30.3 Å². The molecule has 3 nitrogen and oxygen atoms in total. The molecule has 1 saturated heterocycles. The Morgan fingerprint density at radius 3 is 2.78 bits per heavy atom. The van der Waals surface area contributed by atoms with Gasteiger partial charge in [0.05, 0.1) is 0 Å². The van der Waals surface area contributed by atoms with Gasteiger partial charge in [-0.15, -0.1) is 23.7 Å². The van der Waals surface area contributed by atoms with E-state index in [1.54, 1.807) is 17.4 Å². The lowest BCUT2D eigenvalue weighted by atomic mass is 9.86. The highest BCUT2D eigenvalue weighted by molar-refractivity contribution is 7.11. The van der Waals surface area contributed by atoms with Crippen molar-refractivity contribution in [1.29, 1.82) is 0 Å². The Labute approximate surface area is 169 Å². The van der Waals surface area contributed by atoms with Crippen LogP contribution in [0.4, 0.5) is 8.78 Å². The predicted octanol–water partition coefficient (Wildman–Crippen LogP) is 4.34. The van der Waals surface area contributed by atoms with E-state index < -0.39 is 11.6 Å². The van der Waals surface area contributed by atoms with Crippen LogP contribution in [0.2, 0.25) is 0 Å². The van der Waals surface area contributed by atoms with Crippen LogP contribution in [0.5, 0.6) is 0 Å². The molecule has 148 valence electrons. The van der Waals surface area contributed by atoms with Gasteiger partial charge in [-0.1, -0.05) is 6.07 Å². The largest absolute Gasteiger partial charge is 0.351 e. The molecule has 1 aliphatic rings. The number of thiophene rings is 1. The van der Waals surface area contributed by atoms with Gasteiger partial charge in [0.15, 0.2) is 11.6 Å². The standard InChI is InChI=1S/C20H24F2N2OS.ClH/c1-13-5-7-15(26-13)3-2-4-20(25)24-19-12-23-10-9-16(19)14-6-8-17(21)18(22)11-14;/h5-8,11,16,19,23H,2-4,9-10,12H2,1H3,(H,24,25);1H. The minimum absolute atomic E-state index is 0. The molecule has 0 spiro atoms. The lowest BCUT2D eigenvalue weighted by Gasteiger charge is -2.33. The van der Waals surface area contributed by atoms with Gasteiger partial charge in [0.25, 0.3) is 0 Å². The maximum absolute atomic E-state index is 13.6. The van der Waals surface area contributed by atoms with E-state index in [1.807, 2.05) is 0 Å². The van der Waals surface area contributed by atoms with Crippen molar-refractivity contribution in [2.75, 3.05) is 13.1 Å². The summed E-state index contributed by atoms with van der Waals surface area (Å²) >= 11 is 1.77. The molecule has 1 aliphatic heterocycles. The SMILES string of the molecule is Cc1ccc(CCCC(=O)NC2CNCCC2c2ccc(F)c(F)c2)s1.Cl. The normalized spacial score (nSPS) is 19.4. The number of benzene rings is 1. The summed E-state index contributed by atoms with van der Waals surface area (Å²) in [6.07, 6.45) is 2.96. The number of rotatable bonds is 6. The summed E-state index contributed by atoms with van der Waals surface area (Å²) < 4.78 is 26.8. The van der Waals surface area contributed by atoms with E-state index in [9.17, 15) is 13.6 Å². The van der Waals surface area contributed by atoms with Gasteiger partial charge in [0, 0.05) is 34.7 Å². The van der Waals surface area contributed by atoms with Gasteiger partial charge in [0.1, 0.15) is 0 Å². The molecule has 0 bridgehead atoms. The molecule has 2 N–H and O–H groups in total. The van der Waals surface area contributed by atoms with Crippen LogP contribution in [0.1, 0.15) is 40.5 Å². The zero-order valence-corrected chi connectivity index (χ0v) is 16.9. The number of hydrogen-bond donors (Lipinski definition) is 2. The van der Waals surface area contributed by atoms with Gasteiger partial charge in [-0.25, -0.2) is 8.78 Å². The number of carbonyl (C=O) groups is 1. The molecule has 7 heteroatoms. The van der Waals surface area contributed by atoms with E-state index in [0.29, 0.717) is 13.0 Å². The van der Waals surface area contributed by atoms with Crippen LogP contribution < -0.4 is 10.6 Å². The number of aryl methyl sites for hydroxylation is 2. The highest BCUT2D eigenvalue weighted by Crippen LogP contribution is 2.27. The lowest BCUT2D eigenvalue weighted by molar-refractivity contribution is -0.122. The molecule has 2 atom stereocenters. The van der Waals surface area contributed by atoms with Crippen LogP contribution in [0, 0.1) is 18.6 Å². The second kappa shape index (κ2) is 10.2. The molecule has 0 radical (unpaired) electrons. The van der Waals surface area contributed by atoms with Gasteiger partial charge in [-0.05, 0) is 62.6 Å². The first-order valence-electron chi connectivity index (χ1n) is 9.03. The fourth-order valence-electron chi connectivity index (χ4n) is 3.47. The Bertz CT molecular complexity index is 768. The molecule has 2 unspecified atom stereocenters. The Morgan fingerprint density at radius 1 is 1.26 bits per heavy atom. The van der Waals surface area contributed by atoms with Crippen LogP contribution in [0.25, 0.3) is 0 Å². The maximum Gasteiger partial charge on any atom is 0.220 e. The third kappa shape index (κ3) is 5.99. The molecule has 3 rings (SSSR count). The molecule has 2 aromatic rings. The average molecular weight is 415 g/mol. The smallest absolute Gasteiger partial charge is 0.220 e. The van der Waals surface area contributed by atoms with Crippen molar-refractivity contribution in [2.45, 2.75) is 44.6 Å². The van der Waals surface area contributed by atoms with E-state index in [1.165, 1.54) is 15.8 Å². The average Bonchev–Trinajstić information content (AvgIpc) is 3.03. The Morgan fingerprint density at radius 2 is 2.07 bits per heavy atom. The second-order valence-electron chi connectivity index (χ2n) is 6.81. The monoisotopic (exact) mass is 414 g/mol. The summed E-state index contributed by atoms with van der Waals surface area (Å²) in [5.74, 6) is -1.67. The summed E-state index contributed by atoms with van der Waals surface area (Å²) in [6, 6.07) is 8.14. The van der Waals surface area contributed by atoms with E-state index in [2.05, 4.69) is 29.7 Å². The third-order valence-electron chi connectivity index (χ3n) is 4.82. The van der Waals surface area contributed by atoms with Gasteiger partial charge in [-0.2, -0.15) is 0 Å². The molecule has 27 heavy (non-hydrogen) atoms. The number of halogens is 3. The number of nitrogens with one attached hydrogen (secondary N) is 2. The highest BCUT2D eigenvalue weighted by Gasteiger charge is 2.28. The summed E-state index contributed by atoms with van der Waals surface area (Å²) in [4.78, 5) is 14.9. The minimum atomic E-state index is -0.841. The maximum atomic E-state index is 13.6. The van der Waals surface area contributed by atoms with Crippen LogP contribution >= 0.6 is 23.7 Å². The first-order valence-corrected chi connectivity index (χ1v) is 9.85. The van der Waals surface area contributed by atoms with E-state index in [-0.39, 0.29) is 30.3 Å². The predicted molar refractivity (Wildman–Crippen MR) is 108 cm³/mol. The van der Waals surface area contributed by atoms with E-state index in [0.717, 1.165) is 37.4 Å². The molecular weight excluding hydrogens is 390 g/mol. The molecule has 0 aliphatic carbocycles. The topological polar surface area (TPSA) is 41.1 Å². The lowest BCUT2D eigenvalue weighted by Crippen LogP contribution is -2.50. The third-order valence-corrected chi connectivity index (χ3v) is 5.88. The Balaban J connectivity index is 0.00000261. The number of carbonyl (C=O) groups excluding carboxylic acids is 1. The molecule has 1 aromatic heterocycles. The molecular formula is C20H25ClF2N2OS. The van der Waals surface area contributed by atoms with Crippen molar-refractivity contribution in [2.24, 2.45) is 0 Å². The van der Waals surface area contributed by atoms with Gasteiger partial charge >= 0.3 is 0 Å². The van der Waals surface area contributed by atoms with Crippen LogP contribution in [0.3, 0.4) is 0 Å². The minimum Gasteiger partial charge on any atom is -0.351 e. The molecule has 1 amide bonds. The van der Waals surface area contributed by atoms with Crippen molar-refractivity contribution in [1.82, 2.24) is 10.6 Å². The van der Waals surface area contributed by atoms with Crippen molar-refractivity contribution in [3.05, 3.63) is 57.3 Å². The molecule has 2 heterocycles. The second-order valence-corrected chi connectivity index (χ2v) is 8.19. The van der Waals surface area contributed by atoms with Gasteiger partial charge < -0.3 is 10.6 Å². The van der Waals surface area contributed by atoms with Crippen LogP contribution in [-0.4, -0.2) is 25.0 Å². The Hall–Kier alpha value is -1.50. The number of piperidine rings is 1. The van der Waals surface area contributed by atoms with E-state index >= 15 is 0 Å². The van der Waals surface area contributed by atoms with Gasteiger partial charge in [-0.3, -0.25) is 4.79 Å². The fourth-order valence-corrected chi connectivity index (χ4v) is 4.41. The zero-order chi connectivity index (χ0) is 18.5. The fraction of sp³-hybridized carbons (Fsp3) is 0.450. The summed E-state index contributed by atoms with van der Waals surface area (Å²) in [5.41, 5.74) is 0.741. The van der Waals surface area contributed by atoms with Crippen molar-refractivity contribution < 1.29 is 13.6 Å². The first kappa shape index (κ1) is 21.8. The van der Waals surface area contributed by atoms with Gasteiger partial charge in [0.2, 0.25) is 5.91 Å².